The lowest BCUT2D eigenvalue weighted by Gasteiger charge is -2.19. The molecule has 15 heavy (non-hydrogen) atoms. The van der Waals surface area contributed by atoms with Crippen LogP contribution < -0.4 is 0 Å². The van der Waals surface area contributed by atoms with E-state index in [1.807, 2.05) is 0 Å². The number of halogens is 1. The number of rotatable bonds is 8. The summed E-state index contributed by atoms with van der Waals surface area (Å²) in [5.41, 5.74) is 0. The highest BCUT2D eigenvalue weighted by Gasteiger charge is 2.04. The molecule has 0 amide bonds. The van der Waals surface area contributed by atoms with Crippen LogP contribution in [-0.4, -0.2) is 36.1 Å². The van der Waals surface area contributed by atoms with Gasteiger partial charge in [-0.2, -0.15) is 0 Å². The van der Waals surface area contributed by atoms with E-state index in [4.69, 9.17) is 5.11 Å². The van der Waals surface area contributed by atoms with Gasteiger partial charge in [0, 0.05) is 13.0 Å². The lowest BCUT2D eigenvalue weighted by molar-refractivity contribution is -0.137. The zero-order valence-corrected chi connectivity index (χ0v) is 10.8. The second-order valence-electron chi connectivity index (χ2n) is 4.13. The second-order valence-corrected chi connectivity index (χ2v) is 4.13. The largest absolute Gasteiger partial charge is 0.481 e. The van der Waals surface area contributed by atoms with E-state index in [9.17, 15) is 4.79 Å². The quantitative estimate of drug-likeness (QED) is 0.660. The van der Waals surface area contributed by atoms with Gasteiger partial charge < -0.3 is 10.0 Å². The summed E-state index contributed by atoms with van der Waals surface area (Å²) in [5, 5.41) is 8.45. The van der Waals surface area contributed by atoms with Gasteiger partial charge in [0.25, 0.3) is 0 Å². The van der Waals surface area contributed by atoms with Crippen LogP contribution >= 0.6 is 12.4 Å². The van der Waals surface area contributed by atoms with Crippen LogP contribution in [0.4, 0.5) is 0 Å². The van der Waals surface area contributed by atoms with Crippen LogP contribution in [0.1, 0.15) is 39.5 Å². The molecule has 0 saturated heterocycles. The first kappa shape index (κ1) is 17.1. The van der Waals surface area contributed by atoms with Gasteiger partial charge in [-0.15, -0.1) is 12.4 Å². The van der Waals surface area contributed by atoms with Crippen molar-refractivity contribution in [2.24, 2.45) is 5.92 Å². The van der Waals surface area contributed by atoms with E-state index in [0.29, 0.717) is 6.42 Å². The van der Waals surface area contributed by atoms with Crippen LogP contribution in [-0.2, 0) is 4.79 Å². The Morgan fingerprint density at radius 1 is 1.40 bits per heavy atom. The fourth-order valence-corrected chi connectivity index (χ4v) is 1.41. The van der Waals surface area contributed by atoms with Crippen molar-refractivity contribution < 1.29 is 9.90 Å². The highest BCUT2D eigenvalue weighted by Crippen LogP contribution is 2.04. The second kappa shape index (κ2) is 10.2. The molecule has 0 spiro atoms. The molecule has 1 N–H and O–H groups in total. The van der Waals surface area contributed by atoms with Crippen LogP contribution in [0.15, 0.2) is 0 Å². The minimum Gasteiger partial charge on any atom is -0.481 e. The molecule has 0 aliphatic carbocycles. The minimum atomic E-state index is -0.686. The van der Waals surface area contributed by atoms with Crippen molar-refractivity contribution in [3.05, 3.63) is 0 Å². The van der Waals surface area contributed by atoms with E-state index in [0.717, 1.165) is 31.8 Å². The Hall–Kier alpha value is -0.280. The topological polar surface area (TPSA) is 40.5 Å². The predicted octanol–water partition coefficient (Wildman–Crippen LogP) is 2.64. The Bertz CT molecular complexity index is 165. The Balaban J connectivity index is 0. The molecule has 0 aromatic heterocycles. The molecule has 0 radical (unpaired) electrons. The number of hydrogen-bond acceptors (Lipinski definition) is 2. The molecule has 0 aliphatic rings. The molecular formula is C11H24ClNO2. The summed E-state index contributed by atoms with van der Waals surface area (Å²) >= 11 is 0. The third kappa shape index (κ3) is 11.6. The van der Waals surface area contributed by atoms with Gasteiger partial charge in [-0.1, -0.05) is 20.3 Å². The summed E-state index contributed by atoms with van der Waals surface area (Å²) in [4.78, 5) is 12.5. The van der Waals surface area contributed by atoms with Gasteiger partial charge in [0.2, 0.25) is 0 Å². The SMILES string of the molecule is CCC(C)CN(C)CCCCC(=O)O.Cl. The molecule has 1 atom stereocenters. The first-order chi connectivity index (χ1) is 6.56. The molecule has 0 saturated carbocycles. The number of carboxylic acids is 1. The van der Waals surface area contributed by atoms with Crippen molar-refractivity contribution in [3.8, 4) is 0 Å². The summed E-state index contributed by atoms with van der Waals surface area (Å²) in [7, 11) is 2.10. The smallest absolute Gasteiger partial charge is 0.303 e. The maximum absolute atomic E-state index is 10.3. The highest BCUT2D eigenvalue weighted by atomic mass is 35.5. The number of nitrogens with zero attached hydrogens (tertiary/aromatic N) is 1. The van der Waals surface area contributed by atoms with Crippen LogP contribution in [0.2, 0.25) is 0 Å². The summed E-state index contributed by atoms with van der Waals surface area (Å²) in [5.74, 6) is 0.0500. The van der Waals surface area contributed by atoms with Crippen LogP contribution in [0.5, 0.6) is 0 Å². The van der Waals surface area contributed by atoms with Crippen LogP contribution in [0, 0.1) is 5.92 Å². The fraction of sp³-hybridized carbons (Fsp3) is 0.909. The normalized spacial score (nSPS) is 12.3. The molecule has 0 rings (SSSR count). The molecule has 0 heterocycles. The molecule has 0 aliphatic heterocycles. The molecule has 0 bridgehead atoms. The van der Waals surface area contributed by atoms with Crippen molar-refractivity contribution in [2.75, 3.05) is 20.1 Å². The van der Waals surface area contributed by atoms with Gasteiger partial charge in [0.05, 0.1) is 0 Å². The molecular weight excluding hydrogens is 214 g/mol. The van der Waals surface area contributed by atoms with E-state index < -0.39 is 5.97 Å². The lowest BCUT2D eigenvalue weighted by Crippen LogP contribution is -2.25. The Kier molecular flexibility index (Phi) is 11.7. The predicted molar refractivity (Wildman–Crippen MR) is 65.7 cm³/mol. The number of carbonyl (C=O) groups is 1. The third-order valence-corrected chi connectivity index (χ3v) is 2.50. The van der Waals surface area contributed by atoms with Gasteiger partial charge in [0.15, 0.2) is 0 Å². The molecule has 4 heteroatoms. The first-order valence-corrected chi connectivity index (χ1v) is 5.46. The standard InChI is InChI=1S/C11H23NO2.ClH/c1-4-10(2)9-12(3)8-6-5-7-11(13)14;/h10H,4-9H2,1-3H3,(H,13,14);1H. The number of aliphatic carboxylic acids is 1. The zero-order valence-electron chi connectivity index (χ0n) is 10.0. The minimum absolute atomic E-state index is 0. The number of hydrogen-bond donors (Lipinski definition) is 1. The highest BCUT2D eigenvalue weighted by molar-refractivity contribution is 5.85. The van der Waals surface area contributed by atoms with Gasteiger partial charge in [-0.3, -0.25) is 4.79 Å². The van der Waals surface area contributed by atoms with Crippen LogP contribution in [0.3, 0.4) is 0 Å². The van der Waals surface area contributed by atoms with E-state index >= 15 is 0 Å². The molecule has 0 aromatic carbocycles. The molecule has 0 aromatic rings. The first-order valence-electron chi connectivity index (χ1n) is 5.46. The maximum atomic E-state index is 10.3. The van der Waals surface area contributed by atoms with Crippen molar-refractivity contribution in [1.29, 1.82) is 0 Å². The summed E-state index contributed by atoms with van der Waals surface area (Å²) in [6.07, 6.45) is 3.29. The Labute approximate surface area is 99.3 Å². The molecule has 3 nitrogen and oxygen atoms in total. The average molecular weight is 238 g/mol. The van der Waals surface area contributed by atoms with E-state index in [-0.39, 0.29) is 12.4 Å². The molecule has 0 fully saturated rings. The van der Waals surface area contributed by atoms with E-state index in [1.54, 1.807) is 0 Å². The van der Waals surface area contributed by atoms with Crippen molar-refractivity contribution in [1.82, 2.24) is 4.90 Å². The lowest BCUT2D eigenvalue weighted by atomic mass is 10.1. The van der Waals surface area contributed by atoms with Gasteiger partial charge in [-0.25, -0.2) is 0 Å². The number of unbranched alkanes of at least 4 members (excludes halogenated alkanes) is 1. The Morgan fingerprint density at radius 3 is 2.47 bits per heavy atom. The van der Waals surface area contributed by atoms with E-state index in [2.05, 4.69) is 25.8 Å². The fourth-order valence-electron chi connectivity index (χ4n) is 1.41. The van der Waals surface area contributed by atoms with Crippen molar-refractivity contribution in [3.63, 3.8) is 0 Å². The molecule has 1 unspecified atom stereocenters. The van der Waals surface area contributed by atoms with Crippen molar-refractivity contribution in [2.45, 2.75) is 39.5 Å². The van der Waals surface area contributed by atoms with Gasteiger partial charge in [0.1, 0.15) is 0 Å². The van der Waals surface area contributed by atoms with Crippen molar-refractivity contribution >= 4 is 18.4 Å². The van der Waals surface area contributed by atoms with Gasteiger partial charge in [-0.05, 0) is 32.4 Å². The molecule has 92 valence electrons. The van der Waals surface area contributed by atoms with Gasteiger partial charge >= 0.3 is 5.97 Å². The Morgan fingerprint density at radius 2 is 2.00 bits per heavy atom. The number of carboxylic acid groups (broad SMARTS) is 1. The maximum Gasteiger partial charge on any atom is 0.303 e. The summed E-state index contributed by atoms with van der Waals surface area (Å²) in [6, 6.07) is 0. The van der Waals surface area contributed by atoms with Crippen LogP contribution in [0.25, 0.3) is 0 Å². The zero-order chi connectivity index (χ0) is 11.0. The summed E-state index contributed by atoms with van der Waals surface area (Å²) < 4.78 is 0. The summed E-state index contributed by atoms with van der Waals surface area (Å²) in [6.45, 7) is 6.57. The van der Waals surface area contributed by atoms with E-state index in [1.165, 1.54) is 6.42 Å². The third-order valence-electron chi connectivity index (χ3n) is 2.50. The monoisotopic (exact) mass is 237 g/mol. The average Bonchev–Trinajstić information content (AvgIpc) is 2.12.